The zero-order valence-electron chi connectivity index (χ0n) is 11.0. The van der Waals surface area contributed by atoms with E-state index in [-0.39, 0.29) is 6.04 Å². The van der Waals surface area contributed by atoms with Crippen molar-refractivity contribution in [2.45, 2.75) is 32.2 Å². The molecular formula is C15H20N2O. The molecule has 0 saturated heterocycles. The molecule has 96 valence electrons. The van der Waals surface area contributed by atoms with Crippen molar-refractivity contribution in [3.8, 4) is 5.75 Å². The molecule has 1 aliphatic rings. The van der Waals surface area contributed by atoms with Gasteiger partial charge in [-0.25, -0.2) is 0 Å². The number of aromatic nitrogens is 1. The van der Waals surface area contributed by atoms with Crippen LogP contribution in [0.5, 0.6) is 5.75 Å². The van der Waals surface area contributed by atoms with Crippen molar-refractivity contribution < 1.29 is 4.74 Å². The molecule has 0 aliphatic heterocycles. The van der Waals surface area contributed by atoms with Crippen molar-refractivity contribution >= 4 is 10.9 Å². The van der Waals surface area contributed by atoms with Gasteiger partial charge in [0, 0.05) is 28.2 Å². The maximum Gasteiger partial charge on any atom is 0.128 e. The maximum atomic E-state index is 6.46. The lowest BCUT2D eigenvalue weighted by atomic mass is 9.77. The quantitative estimate of drug-likeness (QED) is 0.870. The number of benzene rings is 1. The highest BCUT2D eigenvalue weighted by Crippen LogP contribution is 2.42. The Kier molecular flexibility index (Phi) is 2.78. The number of ether oxygens (including phenoxy) is 1. The average Bonchev–Trinajstić information content (AvgIpc) is 2.62. The molecule has 0 radical (unpaired) electrons. The molecule has 3 rings (SSSR count). The molecule has 1 fully saturated rings. The Hall–Kier alpha value is -1.48. The lowest BCUT2D eigenvalue weighted by Gasteiger charge is -2.31. The summed E-state index contributed by atoms with van der Waals surface area (Å²) < 4.78 is 5.49. The van der Waals surface area contributed by atoms with Crippen LogP contribution in [0.1, 0.15) is 36.6 Å². The molecule has 3 N–H and O–H groups in total. The van der Waals surface area contributed by atoms with E-state index in [1.165, 1.54) is 30.5 Å². The second-order valence-corrected chi connectivity index (χ2v) is 5.26. The van der Waals surface area contributed by atoms with Gasteiger partial charge in [0.05, 0.1) is 7.11 Å². The molecule has 3 nitrogen and oxygen atoms in total. The molecule has 2 aromatic rings. The Morgan fingerprint density at radius 3 is 2.78 bits per heavy atom. The highest BCUT2D eigenvalue weighted by atomic mass is 16.5. The fourth-order valence-electron chi connectivity index (χ4n) is 2.99. The molecule has 1 unspecified atom stereocenters. The van der Waals surface area contributed by atoms with E-state index in [9.17, 15) is 0 Å². The number of hydrogen-bond acceptors (Lipinski definition) is 2. The molecule has 1 heterocycles. The van der Waals surface area contributed by atoms with E-state index in [4.69, 9.17) is 10.5 Å². The van der Waals surface area contributed by atoms with Gasteiger partial charge in [0.2, 0.25) is 0 Å². The van der Waals surface area contributed by atoms with Crippen LogP contribution in [0.25, 0.3) is 10.9 Å². The van der Waals surface area contributed by atoms with Gasteiger partial charge in [-0.3, -0.25) is 0 Å². The zero-order chi connectivity index (χ0) is 12.7. The largest absolute Gasteiger partial charge is 0.496 e. The summed E-state index contributed by atoms with van der Waals surface area (Å²) in [7, 11) is 1.72. The summed E-state index contributed by atoms with van der Waals surface area (Å²) >= 11 is 0. The van der Waals surface area contributed by atoms with E-state index < -0.39 is 0 Å². The van der Waals surface area contributed by atoms with E-state index in [1.54, 1.807) is 7.11 Å². The van der Waals surface area contributed by atoms with Crippen molar-refractivity contribution in [2.24, 2.45) is 11.7 Å². The molecule has 1 aromatic heterocycles. The van der Waals surface area contributed by atoms with Gasteiger partial charge in [0.15, 0.2) is 0 Å². The van der Waals surface area contributed by atoms with Crippen LogP contribution < -0.4 is 10.5 Å². The first-order valence-electron chi connectivity index (χ1n) is 6.63. The van der Waals surface area contributed by atoms with Crippen LogP contribution in [0.2, 0.25) is 0 Å². The summed E-state index contributed by atoms with van der Waals surface area (Å²) in [6.07, 6.45) is 3.82. The van der Waals surface area contributed by atoms with Crippen LogP contribution in [0.15, 0.2) is 18.2 Å². The van der Waals surface area contributed by atoms with Gasteiger partial charge >= 0.3 is 0 Å². The number of H-pyrrole nitrogens is 1. The third-order valence-electron chi connectivity index (χ3n) is 4.23. The lowest BCUT2D eigenvalue weighted by Crippen LogP contribution is -2.27. The van der Waals surface area contributed by atoms with Crippen LogP contribution in [-0.4, -0.2) is 12.1 Å². The summed E-state index contributed by atoms with van der Waals surface area (Å²) in [4.78, 5) is 3.43. The number of fused-ring (bicyclic) bond motifs is 1. The van der Waals surface area contributed by atoms with Gasteiger partial charge in [-0.2, -0.15) is 0 Å². The predicted molar refractivity (Wildman–Crippen MR) is 73.9 cm³/mol. The minimum absolute atomic E-state index is 0.129. The molecule has 0 spiro atoms. The van der Waals surface area contributed by atoms with Crippen molar-refractivity contribution in [3.05, 3.63) is 29.5 Å². The minimum Gasteiger partial charge on any atom is -0.496 e. The Balaban J connectivity index is 2.17. The second-order valence-electron chi connectivity index (χ2n) is 5.26. The summed E-state index contributed by atoms with van der Waals surface area (Å²) in [6, 6.07) is 6.23. The Bertz CT molecular complexity index is 569. The number of rotatable bonds is 3. The van der Waals surface area contributed by atoms with Crippen LogP contribution in [0.3, 0.4) is 0 Å². The summed E-state index contributed by atoms with van der Waals surface area (Å²) in [5.41, 5.74) is 10.00. The third kappa shape index (κ3) is 1.62. The summed E-state index contributed by atoms with van der Waals surface area (Å²) in [6.45, 7) is 2.10. The monoisotopic (exact) mass is 244 g/mol. The number of aromatic amines is 1. The second kappa shape index (κ2) is 4.32. The minimum atomic E-state index is 0.129. The molecule has 18 heavy (non-hydrogen) atoms. The van der Waals surface area contributed by atoms with E-state index in [2.05, 4.69) is 18.0 Å². The van der Waals surface area contributed by atoms with Crippen molar-refractivity contribution in [1.82, 2.24) is 4.98 Å². The fourth-order valence-corrected chi connectivity index (χ4v) is 2.99. The molecule has 1 atom stereocenters. The topological polar surface area (TPSA) is 51.0 Å². The van der Waals surface area contributed by atoms with Gasteiger partial charge in [0.1, 0.15) is 5.75 Å². The van der Waals surface area contributed by atoms with Gasteiger partial charge < -0.3 is 15.5 Å². The molecule has 3 heteroatoms. The first-order valence-corrected chi connectivity index (χ1v) is 6.63. The number of nitrogens with two attached hydrogens (primary N) is 1. The standard InChI is InChI=1S/C15H20N2O/c1-9-13(15(16)10-5-3-6-10)14-11(17-9)7-4-8-12(14)18-2/h4,7-8,10,15,17H,3,5-6,16H2,1-2H3. The molecular weight excluding hydrogens is 224 g/mol. The predicted octanol–water partition coefficient (Wildman–Crippen LogP) is 3.28. The first kappa shape index (κ1) is 11.6. The van der Waals surface area contributed by atoms with E-state index in [0.29, 0.717) is 5.92 Å². The van der Waals surface area contributed by atoms with Crippen LogP contribution in [0, 0.1) is 12.8 Å². The van der Waals surface area contributed by atoms with Crippen LogP contribution in [-0.2, 0) is 0 Å². The molecule has 1 aliphatic carbocycles. The maximum absolute atomic E-state index is 6.46. The fraction of sp³-hybridized carbons (Fsp3) is 0.467. The number of aryl methyl sites for hydroxylation is 1. The van der Waals surface area contributed by atoms with Gasteiger partial charge in [0.25, 0.3) is 0 Å². The van der Waals surface area contributed by atoms with E-state index in [1.807, 2.05) is 12.1 Å². The Labute approximate surface area is 107 Å². The third-order valence-corrected chi connectivity index (χ3v) is 4.23. The molecule has 1 saturated carbocycles. The molecule has 0 amide bonds. The van der Waals surface area contributed by atoms with Gasteiger partial charge in [-0.15, -0.1) is 0 Å². The summed E-state index contributed by atoms with van der Waals surface area (Å²) in [5, 5.41) is 1.16. The molecule has 1 aromatic carbocycles. The van der Waals surface area contributed by atoms with Crippen LogP contribution >= 0.6 is 0 Å². The van der Waals surface area contributed by atoms with Crippen molar-refractivity contribution in [3.63, 3.8) is 0 Å². The smallest absolute Gasteiger partial charge is 0.128 e. The average molecular weight is 244 g/mol. The van der Waals surface area contributed by atoms with Crippen molar-refractivity contribution in [2.75, 3.05) is 7.11 Å². The normalized spacial score (nSPS) is 17.7. The van der Waals surface area contributed by atoms with Gasteiger partial charge in [-0.05, 0) is 37.8 Å². The van der Waals surface area contributed by atoms with E-state index >= 15 is 0 Å². The highest BCUT2D eigenvalue weighted by molar-refractivity contribution is 5.91. The number of hydrogen-bond donors (Lipinski definition) is 2. The molecule has 0 bridgehead atoms. The first-order chi connectivity index (χ1) is 8.72. The Morgan fingerprint density at radius 2 is 2.17 bits per heavy atom. The lowest BCUT2D eigenvalue weighted by molar-refractivity contribution is 0.264. The van der Waals surface area contributed by atoms with Crippen LogP contribution in [0.4, 0.5) is 0 Å². The SMILES string of the molecule is COc1cccc2[nH]c(C)c(C(N)C3CCC3)c12. The van der Waals surface area contributed by atoms with E-state index in [0.717, 1.165) is 16.7 Å². The Morgan fingerprint density at radius 1 is 1.39 bits per heavy atom. The number of methoxy groups -OCH3 is 1. The van der Waals surface area contributed by atoms with Gasteiger partial charge in [-0.1, -0.05) is 12.5 Å². The zero-order valence-corrected chi connectivity index (χ0v) is 11.0. The highest BCUT2D eigenvalue weighted by Gasteiger charge is 2.29. The number of nitrogens with one attached hydrogen (secondary N) is 1. The van der Waals surface area contributed by atoms with Crippen molar-refractivity contribution in [1.29, 1.82) is 0 Å². The summed E-state index contributed by atoms with van der Waals surface area (Å²) in [5.74, 6) is 1.55.